The highest BCUT2D eigenvalue weighted by Gasteiger charge is 2.30. The minimum atomic E-state index is 0.157. The monoisotopic (exact) mass is 293 g/mol. The van der Waals surface area contributed by atoms with Crippen LogP contribution in [0.25, 0.3) is 0 Å². The van der Waals surface area contributed by atoms with Crippen LogP contribution >= 0.6 is 11.8 Å². The van der Waals surface area contributed by atoms with Gasteiger partial charge >= 0.3 is 0 Å². The van der Waals surface area contributed by atoms with Crippen LogP contribution in [-0.2, 0) is 11.8 Å². The summed E-state index contributed by atoms with van der Waals surface area (Å²) in [5, 5.41) is 4.33. The third kappa shape index (κ3) is 3.03. The van der Waals surface area contributed by atoms with Crippen LogP contribution in [0.3, 0.4) is 0 Å². The number of anilines is 1. The lowest BCUT2D eigenvalue weighted by molar-refractivity contribution is -0.119. The van der Waals surface area contributed by atoms with E-state index in [0.29, 0.717) is 0 Å². The largest absolute Gasteiger partial charge is 0.309 e. The molecule has 1 aliphatic heterocycles. The lowest BCUT2D eigenvalue weighted by Crippen LogP contribution is -2.43. The standard InChI is InChI=1S/C15H23N3OS/c1-17-11-13(10-16-17)18-8-3-6-14(15(18)19)20-9-7-12-4-2-5-12/h10-12,14H,2-9H2,1H3. The highest BCUT2D eigenvalue weighted by molar-refractivity contribution is 8.00. The van der Waals surface area contributed by atoms with E-state index in [4.69, 9.17) is 0 Å². The van der Waals surface area contributed by atoms with Crippen molar-refractivity contribution in [3.63, 3.8) is 0 Å². The minimum absolute atomic E-state index is 0.157. The van der Waals surface area contributed by atoms with Crippen LogP contribution in [0.15, 0.2) is 12.4 Å². The van der Waals surface area contributed by atoms with Crippen LogP contribution in [-0.4, -0.2) is 33.2 Å². The Balaban J connectivity index is 1.54. The Kier molecular flexibility index (Phi) is 4.34. The van der Waals surface area contributed by atoms with Gasteiger partial charge in [0.1, 0.15) is 0 Å². The van der Waals surface area contributed by atoms with Crippen LogP contribution in [0.4, 0.5) is 5.69 Å². The fourth-order valence-electron chi connectivity index (χ4n) is 2.96. The summed E-state index contributed by atoms with van der Waals surface area (Å²) in [4.78, 5) is 14.5. The third-order valence-corrected chi connectivity index (χ3v) is 5.77. The van der Waals surface area contributed by atoms with Gasteiger partial charge in [0.15, 0.2) is 0 Å². The first kappa shape index (κ1) is 14.0. The molecular weight excluding hydrogens is 270 g/mol. The minimum Gasteiger partial charge on any atom is -0.309 e. The molecule has 1 amide bonds. The Hall–Kier alpha value is -0.970. The Morgan fingerprint density at radius 3 is 2.85 bits per heavy atom. The maximum atomic E-state index is 12.6. The third-order valence-electron chi connectivity index (χ3n) is 4.46. The van der Waals surface area contributed by atoms with E-state index in [1.165, 1.54) is 25.7 Å². The van der Waals surface area contributed by atoms with Crippen molar-refractivity contribution >= 4 is 23.4 Å². The molecule has 0 aromatic carbocycles. The molecule has 2 aliphatic rings. The van der Waals surface area contributed by atoms with Gasteiger partial charge in [0, 0.05) is 19.8 Å². The van der Waals surface area contributed by atoms with E-state index in [2.05, 4.69) is 5.10 Å². The summed E-state index contributed by atoms with van der Waals surface area (Å²) in [6, 6.07) is 0. The lowest BCUT2D eigenvalue weighted by Gasteiger charge is -2.31. The Bertz CT molecular complexity index is 469. The molecular formula is C15H23N3OS. The second-order valence-corrected chi connectivity index (χ2v) is 7.26. The molecule has 1 aliphatic carbocycles. The van der Waals surface area contributed by atoms with E-state index in [9.17, 15) is 4.79 Å². The summed E-state index contributed by atoms with van der Waals surface area (Å²) in [7, 11) is 1.89. The molecule has 4 nitrogen and oxygen atoms in total. The zero-order chi connectivity index (χ0) is 13.9. The first-order chi connectivity index (χ1) is 9.74. The molecule has 1 saturated carbocycles. The average Bonchev–Trinajstić information content (AvgIpc) is 2.80. The predicted octanol–water partition coefficient (Wildman–Crippen LogP) is 2.84. The van der Waals surface area contributed by atoms with Crippen molar-refractivity contribution in [3.8, 4) is 0 Å². The van der Waals surface area contributed by atoms with E-state index < -0.39 is 0 Å². The number of hydrogen-bond acceptors (Lipinski definition) is 3. The summed E-state index contributed by atoms with van der Waals surface area (Å²) in [6.45, 7) is 0.838. The SMILES string of the molecule is Cn1cc(N2CCCC(SCCC3CCC3)C2=O)cn1. The number of amides is 1. The van der Waals surface area contributed by atoms with Crippen LogP contribution in [0.2, 0.25) is 0 Å². The molecule has 0 N–H and O–H groups in total. The van der Waals surface area contributed by atoms with Crippen LogP contribution < -0.4 is 4.90 Å². The number of aryl methyl sites for hydroxylation is 1. The highest BCUT2D eigenvalue weighted by Crippen LogP contribution is 2.33. The fraction of sp³-hybridized carbons (Fsp3) is 0.733. The van der Waals surface area contributed by atoms with Gasteiger partial charge in [-0.2, -0.15) is 5.10 Å². The van der Waals surface area contributed by atoms with Gasteiger partial charge in [0.25, 0.3) is 0 Å². The van der Waals surface area contributed by atoms with Gasteiger partial charge in [-0.25, -0.2) is 0 Å². The molecule has 2 heterocycles. The van der Waals surface area contributed by atoms with Gasteiger partial charge in [-0.15, -0.1) is 11.8 Å². The normalized spacial score (nSPS) is 23.9. The Labute approximate surface area is 124 Å². The first-order valence-corrected chi connectivity index (χ1v) is 8.70. The molecule has 20 heavy (non-hydrogen) atoms. The number of piperidine rings is 1. The molecule has 0 radical (unpaired) electrons. The van der Waals surface area contributed by atoms with Crippen LogP contribution in [0, 0.1) is 5.92 Å². The number of hydrogen-bond donors (Lipinski definition) is 0. The van der Waals surface area contributed by atoms with Crippen molar-refractivity contribution in [2.75, 3.05) is 17.2 Å². The van der Waals surface area contributed by atoms with E-state index in [1.807, 2.05) is 29.9 Å². The van der Waals surface area contributed by atoms with E-state index >= 15 is 0 Å². The van der Waals surface area contributed by atoms with E-state index in [-0.39, 0.29) is 11.2 Å². The number of carbonyl (C=O) groups excluding carboxylic acids is 1. The van der Waals surface area contributed by atoms with Gasteiger partial charge in [0.05, 0.1) is 17.1 Å². The molecule has 5 heteroatoms. The summed E-state index contributed by atoms with van der Waals surface area (Å²) in [5.41, 5.74) is 0.946. The molecule has 1 aromatic rings. The molecule has 0 bridgehead atoms. The fourth-order valence-corrected chi connectivity index (χ4v) is 4.32. The van der Waals surface area contributed by atoms with Gasteiger partial charge in [-0.1, -0.05) is 19.3 Å². The molecule has 1 atom stereocenters. The maximum absolute atomic E-state index is 12.6. The average molecular weight is 293 g/mol. The quantitative estimate of drug-likeness (QED) is 0.838. The topological polar surface area (TPSA) is 38.1 Å². The van der Waals surface area contributed by atoms with Crippen LogP contribution in [0.1, 0.15) is 38.5 Å². The maximum Gasteiger partial charge on any atom is 0.240 e. The second-order valence-electron chi connectivity index (χ2n) is 5.95. The lowest BCUT2D eigenvalue weighted by atomic mass is 9.84. The van der Waals surface area contributed by atoms with Crippen LogP contribution in [0.5, 0.6) is 0 Å². The number of nitrogens with zero attached hydrogens (tertiary/aromatic N) is 3. The number of thioether (sulfide) groups is 1. The summed E-state index contributed by atoms with van der Waals surface area (Å²) in [5.74, 6) is 2.36. The molecule has 1 saturated heterocycles. The smallest absolute Gasteiger partial charge is 0.240 e. The Morgan fingerprint density at radius 2 is 2.20 bits per heavy atom. The first-order valence-electron chi connectivity index (χ1n) is 7.65. The zero-order valence-corrected chi connectivity index (χ0v) is 12.9. The molecule has 1 aromatic heterocycles. The molecule has 110 valence electrons. The van der Waals surface area contributed by atoms with Crippen molar-refractivity contribution in [2.24, 2.45) is 13.0 Å². The number of rotatable bonds is 5. The highest BCUT2D eigenvalue weighted by atomic mass is 32.2. The summed E-state index contributed by atoms with van der Waals surface area (Å²) >= 11 is 1.87. The zero-order valence-electron chi connectivity index (χ0n) is 12.1. The summed E-state index contributed by atoms with van der Waals surface area (Å²) in [6.07, 6.45) is 11.4. The number of carbonyl (C=O) groups is 1. The molecule has 2 fully saturated rings. The second kappa shape index (κ2) is 6.20. The van der Waals surface area contributed by atoms with Crippen molar-refractivity contribution < 1.29 is 4.79 Å². The summed E-state index contributed by atoms with van der Waals surface area (Å²) < 4.78 is 1.76. The van der Waals surface area contributed by atoms with Crippen molar-refractivity contribution in [3.05, 3.63) is 12.4 Å². The van der Waals surface area contributed by atoms with Crippen molar-refractivity contribution in [1.29, 1.82) is 0 Å². The molecule has 0 spiro atoms. The predicted molar refractivity (Wildman–Crippen MR) is 83.0 cm³/mol. The van der Waals surface area contributed by atoms with Gasteiger partial charge < -0.3 is 4.90 Å². The molecule has 3 rings (SSSR count). The Morgan fingerprint density at radius 1 is 1.35 bits per heavy atom. The van der Waals surface area contributed by atoms with Gasteiger partial charge in [-0.05, 0) is 30.9 Å². The van der Waals surface area contributed by atoms with E-state index in [0.717, 1.165) is 36.7 Å². The van der Waals surface area contributed by atoms with Crippen molar-refractivity contribution in [2.45, 2.75) is 43.8 Å². The van der Waals surface area contributed by atoms with Crippen molar-refractivity contribution in [1.82, 2.24) is 9.78 Å². The van der Waals surface area contributed by atoms with Gasteiger partial charge in [-0.3, -0.25) is 9.48 Å². The van der Waals surface area contributed by atoms with E-state index in [1.54, 1.807) is 10.9 Å². The molecule has 1 unspecified atom stereocenters. The number of aromatic nitrogens is 2. The van der Waals surface area contributed by atoms with Gasteiger partial charge in [0.2, 0.25) is 5.91 Å².